The molecule has 1 saturated heterocycles. The van der Waals surface area contributed by atoms with Gasteiger partial charge in [-0.3, -0.25) is 0 Å². The first-order valence-corrected chi connectivity index (χ1v) is 7.78. The van der Waals surface area contributed by atoms with Gasteiger partial charge in [-0.1, -0.05) is 17.3 Å². The molecule has 1 aromatic carbocycles. The van der Waals surface area contributed by atoms with Gasteiger partial charge in [-0.15, -0.1) is 0 Å². The third kappa shape index (κ3) is 3.61. The number of ether oxygens (including phenoxy) is 2. The van der Waals surface area contributed by atoms with E-state index >= 15 is 0 Å². The average molecular weight is 331 g/mol. The van der Waals surface area contributed by atoms with Crippen molar-refractivity contribution < 1.29 is 18.8 Å². The number of hydrogen-bond donors (Lipinski definition) is 1. The van der Waals surface area contributed by atoms with E-state index in [9.17, 15) is 4.79 Å². The molecular formula is C17H21N3O4. The molecular weight excluding hydrogens is 310 g/mol. The quantitative estimate of drug-likeness (QED) is 0.930. The van der Waals surface area contributed by atoms with E-state index in [1.165, 1.54) is 0 Å². The van der Waals surface area contributed by atoms with E-state index in [4.69, 9.17) is 19.7 Å². The van der Waals surface area contributed by atoms with Gasteiger partial charge in [0.25, 0.3) is 0 Å². The summed E-state index contributed by atoms with van der Waals surface area (Å²) in [7, 11) is 0. The summed E-state index contributed by atoms with van der Waals surface area (Å²) >= 11 is 0. The van der Waals surface area contributed by atoms with Crippen LogP contribution in [0.4, 0.5) is 10.6 Å². The van der Waals surface area contributed by atoms with Crippen molar-refractivity contribution in [3.05, 3.63) is 30.3 Å². The van der Waals surface area contributed by atoms with Crippen LogP contribution in [0.3, 0.4) is 0 Å². The fourth-order valence-electron chi connectivity index (χ4n) is 2.36. The van der Waals surface area contributed by atoms with Gasteiger partial charge in [0.15, 0.2) is 11.6 Å². The van der Waals surface area contributed by atoms with E-state index in [0.717, 1.165) is 5.56 Å². The number of anilines is 1. The van der Waals surface area contributed by atoms with Gasteiger partial charge in [0, 0.05) is 6.07 Å². The van der Waals surface area contributed by atoms with Crippen LogP contribution in [0.1, 0.15) is 20.8 Å². The molecule has 2 aromatic rings. The molecule has 7 heteroatoms. The molecule has 1 aliphatic rings. The van der Waals surface area contributed by atoms with Crippen molar-refractivity contribution in [1.82, 2.24) is 10.1 Å². The minimum atomic E-state index is -0.498. The van der Waals surface area contributed by atoms with Crippen LogP contribution in [-0.4, -0.2) is 40.9 Å². The molecule has 0 saturated carbocycles. The van der Waals surface area contributed by atoms with E-state index in [1.807, 2.05) is 45.0 Å². The first-order valence-electron chi connectivity index (χ1n) is 7.78. The molecule has 7 nitrogen and oxygen atoms in total. The molecule has 0 spiro atoms. The molecule has 0 aliphatic carbocycles. The zero-order chi connectivity index (χ0) is 17.3. The number of hydrogen-bond acceptors (Lipinski definition) is 6. The van der Waals surface area contributed by atoms with Gasteiger partial charge in [-0.05, 0) is 32.9 Å². The zero-order valence-electron chi connectivity index (χ0n) is 14.0. The van der Waals surface area contributed by atoms with Gasteiger partial charge in [0.1, 0.15) is 17.5 Å². The molecule has 3 rings (SSSR count). The molecule has 1 amide bonds. The second-order valence-corrected chi connectivity index (χ2v) is 6.74. The molecule has 1 aromatic heterocycles. The summed E-state index contributed by atoms with van der Waals surface area (Å²) in [5.41, 5.74) is 5.88. The Kier molecular flexibility index (Phi) is 4.09. The maximum atomic E-state index is 11.9. The Hall–Kier alpha value is -2.70. The number of benzene rings is 1. The second-order valence-electron chi connectivity index (χ2n) is 6.74. The second kappa shape index (κ2) is 6.07. The van der Waals surface area contributed by atoms with Gasteiger partial charge in [0.2, 0.25) is 0 Å². The van der Waals surface area contributed by atoms with Gasteiger partial charge >= 0.3 is 6.09 Å². The molecule has 0 atom stereocenters. The van der Waals surface area contributed by atoms with Crippen molar-refractivity contribution in [3.8, 4) is 17.1 Å². The van der Waals surface area contributed by atoms with Gasteiger partial charge in [-0.25, -0.2) is 4.79 Å². The lowest BCUT2D eigenvalue weighted by Crippen LogP contribution is -2.57. The summed E-state index contributed by atoms with van der Waals surface area (Å²) in [6, 6.07) is 9.14. The van der Waals surface area contributed by atoms with E-state index in [2.05, 4.69) is 5.16 Å². The highest BCUT2D eigenvalue weighted by atomic mass is 16.6. The van der Waals surface area contributed by atoms with Gasteiger partial charge in [0.05, 0.1) is 18.7 Å². The van der Waals surface area contributed by atoms with Crippen molar-refractivity contribution in [2.24, 2.45) is 0 Å². The molecule has 24 heavy (non-hydrogen) atoms. The number of amides is 1. The lowest BCUT2D eigenvalue weighted by Gasteiger charge is -2.39. The number of carbonyl (C=O) groups is 1. The Morgan fingerprint density at radius 1 is 1.33 bits per heavy atom. The Balaban J connectivity index is 1.62. The largest absolute Gasteiger partial charge is 0.486 e. The number of para-hydroxylation sites is 1. The fraction of sp³-hybridized carbons (Fsp3) is 0.412. The Labute approximate surface area is 140 Å². The first kappa shape index (κ1) is 16.2. The first-order chi connectivity index (χ1) is 11.3. The average Bonchev–Trinajstić information content (AvgIpc) is 2.87. The number of nitrogens with zero attached hydrogens (tertiary/aromatic N) is 2. The molecule has 2 heterocycles. The number of nitrogens with two attached hydrogens (primary N) is 1. The maximum Gasteiger partial charge on any atom is 0.410 e. The van der Waals surface area contributed by atoms with E-state index in [-0.39, 0.29) is 12.2 Å². The molecule has 1 fully saturated rings. The molecule has 0 radical (unpaired) electrons. The highest BCUT2D eigenvalue weighted by molar-refractivity contribution is 5.70. The number of nitrogen functional groups attached to an aromatic ring is 1. The van der Waals surface area contributed by atoms with Gasteiger partial charge in [-0.2, -0.15) is 0 Å². The SMILES string of the molecule is CC(C)(C)OC(=O)N1CC(Oc2ccccc2-c2cc(N)no2)C1. The minimum absolute atomic E-state index is 0.0843. The van der Waals surface area contributed by atoms with Crippen LogP contribution in [0.25, 0.3) is 11.3 Å². The van der Waals surface area contributed by atoms with Crippen LogP contribution in [0.5, 0.6) is 5.75 Å². The summed E-state index contributed by atoms with van der Waals surface area (Å²) in [5, 5.41) is 3.69. The van der Waals surface area contributed by atoms with Crippen LogP contribution < -0.4 is 10.5 Å². The van der Waals surface area contributed by atoms with Crippen molar-refractivity contribution in [3.63, 3.8) is 0 Å². The van der Waals surface area contributed by atoms with Crippen molar-refractivity contribution in [2.45, 2.75) is 32.5 Å². The predicted octanol–water partition coefficient (Wildman–Crippen LogP) is 2.92. The van der Waals surface area contributed by atoms with Crippen molar-refractivity contribution in [2.75, 3.05) is 18.8 Å². The zero-order valence-corrected chi connectivity index (χ0v) is 14.0. The monoisotopic (exact) mass is 331 g/mol. The van der Waals surface area contributed by atoms with Gasteiger partial charge < -0.3 is 24.6 Å². The molecule has 128 valence electrons. The summed E-state index contributed by atoms with van der Waals surface area (Å²) in [6.45, 7) is 6.51. The van der Waals surface area contributed by atoms with Crippen LogP contribution in [0, 0.1) is 0 Å². The van der Waals surface area contributed by atoms with Crippen LogP contribution in [0.2, 0.25) is 0 Å². The summed E-state index contributed by atoms with van der Waals surface area (Å²) in [5.74, 6) is 1.54. The summed E-state index contributed by atoms with van der Waals surface area (Å²) in [6.07, 6.45) is -0.405. The van der Waals surface area contributed by atoms with E-state index in [1.54, 1.807) is 11.0 Å². The topological polar surface area (TPSA) is 90.8 Å². The third-order valence-corrected chi connectivity index (χ3v) is 3.47. The highest BCUT2D eigenvalue weighted by Gasteiger charge is 2.35. The Bertz CT molecular complexity index is 729. The Morgan fingerprint density at radius 2 is 2.04 bits per heavy atom. The number of aromatic nitrogens is 1. The lowest BCUT2D eigenvalue weighted by molar-refractivity contribution is -0.0220. The number of rotatable bonds is 3. The predicted molar refractivity (Wildman–Crippen MR) is 88.6 cm³/mol. The van der Waals surface area contributed by atoms with Crippen LogP contribution in [-0.2, 0) is 4.74 Å². The molecule has 1 aliphatic heterocycles. The van der Waals surface area contributed by atoms with E-state index in [0.29, 0.717) is 30.4 Å². The molecule has 2 N–H and O–H groups in total. The van der Waals surface area contributed by atoms with Crippen LogP contribution in [0.15, 0.2) is 34.9 Å². The highest BCUT2D eigenvalue weighted by Crippen LogP contribution is 2.32. The lowest BCUT2D eigenvalue weighted by atomic mass is 10.1. The normalized spacial score (nSPS) is 15.0. The van der Waals surface area contributed by atoms with Crippen LogP contribution >= 0.6 is 0 Å². The summed E-state index contributed by atoms with van der Waals surface area (Å²) in [4.78, 5) is 13.6. The summed E-state index contributed by atoms with van der Waals surface area (Å²) < 4.78 is 16.5. The van der Waals surface area contributed by atoms with E-state index < -0.39 is 5.60 Å². The minimum Gasteiger partial charge on any atom is -0.486 e. The maximum absolute atomic E-state index is 11.9. The fourth-order valence-corrected chi connectivity index (χ4v) is 2.36. The number of carbonyl (C=O) groups excluding carboxylic acids is 1. The smallest absolute Gasteiger partial charge is 0.410 e. The van der Waals surface area contributed by atoms with Crippen molar-refractivity contribution >= 4 is 11.9 Å². The molecule has 0 unspecified atom stereocenters. The molecule has 0 bridgehead atoms. The Morgan fingerprint density at radius 3 is 2.67 bits per heavy atom. The van der Waals surface area contributed by atoms with Crippen molar-refractivity contribution in [1.29, 1.82) is 0 Å². The standard InChI is InChI=1S/C17H21N3O4/c1-17(2,3)23-16(21)20-9-11(10-20)22-13-7-5-4-6-12(13)14-8-15(18)19-24-14/h4-8,11H,9-10H2,1-3H3,(H2,18,19). The number of likely N-dealkylation sites (tertiary alicyclic amines) is 1. The third-order valence-electron chi connectivity index (χ3n) is 3.47.